The molecule has 140 valence electrons. The van der Waals surface area contributed by atoms with Gasteiger partial charge in [0, 0.05) is 19.6 Å². The second-order valence-corrected chi connectivity index (χ2v) is 8.58. The highest BCUT2D eigenvalue weighted by Crippen LogP contribution is 2.31. The first-order chi connectivity index (χ1) is 11.9. The summed E-state index contributed by atoms with van der Waals surface area (Å²) in [5, 5.41) is 3.01. The number of rotatable bonds is 5. The number of ether oxygens (including phenoxy) is 1. The van der Waals surface area contributed by atoms with Gasteiger partial charge in [0.05, 0.1) is 11.1 Å². The van der Waals surface area contributed by atoms with Crippen LogP contribution in [0.5, 0.6) is 5.75 Å². The third-order valence-corrected chi connectivity index (χ3v) is 5.17. The standard InChI is InChI=1S/C20H31BrN2O2/c1-20(2,3)16-9-10-18(17(21)15-16)25-14-8-11-22-19(24)23-12-6-4-5-7-13-23/h9-10,15H,4-8,11-14H2,1-3H3,(H,22,24). The molecule has 0 atom stereocenters. The van der Waals surface area contributed by atoms with E-state index in [9.17, 15) is 4.79 Å². The molecule has 0 saturated carbocycles. The molecule has 0 aromatic heterocycles. The van der Waals surface area contributed by atoms with Crippen molar-refractivity contribution in [2.45, 2.75) is 58.3 Å². The molecule has 0 spiro atoms. The largest absolute Gasteiger partial charge is 0.492 e. The van der Waals surface area contributed by atoms with Gasteiger partial charge in [-0.05, 0) is 58.3 Å². The Morgan fingerprint density at radius 2 is 1.88 bits per heavy atom. The molecule has 5 heteroatoms. The smallest absolute Gasteiger partial charge is 0.317 e. The van der Waals surface area contributed by atoms with Gasteiger partial charge in [-0.2, -0.15) is 0 Å². The van der Waals surface area contributed by atoms with Crippen LogP contribution in [0, 0.1) is 0 Å². The lowest BCUT2D eigenvalue weighted by Crippen LogP contribution is -2.41. The van der Waals surface area contributed by atoms with Crippen LogP contribution in [-0.2, 0) is 5.41 Å². The third-order valence-electron chi connectivity index (χ3n) is 4.55. The van der Waals surface area contributed by atoms with Gasteiger partial charge < -0.3 is 15.0 Å². The first-order valence-corrected chi connectivity index (χ1v) is 10.1. The van der Waals surface area contributed by atoms with E-state index in [0.29, 0.717) is 13.2 Å². The number of benzene rings is 1. The van der Waals surface area contributed by atoms with E-state index >= 15 is 0 Å². The number of likely N-dealkylation sites (tertiary alicyclic amines) is 1. The Morgan fingerprint density at radius 1 is 1.20 bits per heavy atom. The molecule has 2 amide bonds. The van der Waals surface area contributed by atoms with E-state index < -0.39 is 0 Å². The minimum absolute atomic E-state index is 0.0672. The maximum Gasteiger partial charge on any atom is 0.317 e. The Morgan fingerprint density at radius 3 is 2.48 bits per heavy atom. The van der Waals surface area contributed by atoms with E-state index in [-0.39, 0.29) is 11.4 Å². The number of urea groups is 1. The summed E-state index contributed by atoms with van der Waals surface area (Å²) in [6.07, 6.45) is 5.51. The zero-order valence-corrected chi connectivity index (χ0v) is 17.3. The van der Waals surface area contributed by atoms with Gasteiger partial charge in [-0.25, -0.2) is 4.79 Å². The summed E-state index contributed by atoms with van der Waals surface area (Å²) in [5.41, 5.74) is 1.40. The predicted octanol–water partition coefficient (Wildman–Crippen LogP) is 5.10. The number of amides is 2. The highest BCUT2D eigenvalue weighted by atomic mass is 79.9. The molecule has 4 nitrogen and oxygen atoms in total. The van der Waals surface area contributed by atoms with Crippen LogP contribution in [0.3, 0.4) is 0 Å². The summed E-state index contributed by atoms with van der Waals surface area (Å²) >= 11 is 3.59. The molecule has 2 rings (SSSR count). The second-order valence-electron chi connectivity index (χ2n) is 7.73. The van der Waals surface area contributed by atoms with E-state index in [2.05, 4.69) is 54.2 Å². The molecule has 0 radical (unpaired) electrons. The molecule has 0 bridgehead atoms. The Hall–Kier alpha value is -1.23. The van der Waals surface area contributed by atoms with E-state index in [1.54, 1.807) is 0 Å². The topological polar surface area (TPSA) is 41.6 Å². The number of nitrogens with zero attached hydrogens (tertiary/aromatic N) is 1. The van der Waals surface area contributed by atoms with Crippen LogP contribution in [0.2, 0.25) is 0 Å². The highest BCUT2D eigenvalue weighted by molar-refractivity contribution is 9.10. The fourth-order valence-corrected chi connectivity index (χ4v) is 3.41. The highest BCUT2D eigenvalue weighted by Gasteiger charge is 2.16. The van der Waals surface area contributed by atoms with E-state index in [4.69, 9.17) is 4.74 Å². The Bertz CT molecular complexity index is 561. The Labute approximate surface area is 160 Å². The average molecular weight is 411 g/mol. The van der Waals surface area contributed by atoms with Crippen LogP contribution in [0.25, 0.3) is 0 Å². The number of hydrogen-bond donors (Lipinski definition) is 1. The summed E-state index contributed by atoms with van der Waals surface area (Å²) in [6, 6.07) is 6.32. The Balaban J connectivity index is 1.70. The Kier molecular flexibility index (Phi) is 7.60. The van der Waals surface area contributed by atoms with Crippen LogP contribution >= 0.6 is 15.9 Å². The van der Waals surface area contributed by atoms with Crippen LogP contribution in [0.15, 0.2) is 22.7 Å². The summed E-state index contributed by atoms with van der Waals surface area (Å²) in [5.74, 6) is 0.854. The van der Waals surface area contributed by atoms with Gasteiger partial charge in [0.2, 0.25) is 0 Å². The van der Waals surface area contributed by atoms with Gasteiger partial charge in [-0.3, -0.25) is 0 Å². The summed E-state index contributed by atoms with van der Waals surface area (Å²) in [6.45, 7) is 9.60. The van der Waals surface area contributed by atoms with Gasteiger partial charge >= 0.3 is 6.03 Å². The van der Waals surface area contributed by atoms with Crippen LogP contribution in [-0.4, -0.2) is 37.2 Å². The molecule has 0 unspecified atom stereocenters. The van der Waals surface area contributed by atoms with Gasteiger partial charge in [0.25, 0.3) is 0 Å². The van der Waals surface area contributed by atoms with E-state index in [1.807, 2.05) is 11.0 Å². The number of carbonyl (C=O) groups excluding carboxylic acids is 1. The van der Waals surface area contributed by atoms with Gasteiger partial charge in [0.15, 0.2) is 0 Å². The zero-order chi connectivity index (χ0) is 18.3. The first-order valence-electron chi connectivity index (χ1n) is 9.33. The van der Waals surface area contributed by atoms with Crippen molar-refractivity contribution in [1.29, 1.82) is 0 Å². The molecule has 0 aliphatic carbocycles. The molecule has 1 aliphatic rings. The summed E-state index contributed by atoms with van der Waals surface area (Å²) in [4.78, 5) is 14.1. The summed E-state index contributed by atoms with van der Waals surface area (Å²) in [7, 11) is 0. The molecule has 1 fully saturated rings. The molecule has 1 aliphatic heterocycles. The van der Waals surface area contributed by atoms with Crippen LogP contribution in [0.4, 0.5) is 4.79 Å². The molecule has 1 N–H and O–H groups in total. The maximum absolute atomic E-state index is 12.1. The normalized spacial score (nSPS) is 15.6. The lowest BCUT2D eigenvalue weighted by molar-refractivity contribution is 0.198. The van der Waals surface area contributed by atoms with Crippen molar-refractivity contribution in [3.8, 4) is 5.75 Å². The lowest BCUT2D eigenvalue weighted by Gasteiger charge is -2.21. The maximum atomic E-state index is 12.1. The second kappa shape index (κ2) is 9.46. The number of carbonyl (C=O) groups is 1. The minimum Gasteiger partial charge on any atom is -0.492 e. The fourth-order valence-electron chi connectivity index (χ4n) is 2.92. The average Bonchev–Trinajstić information content (AvgIpc) is 2.84. The van der Waals surface area contributed by atoms with Crippen molar-refractivity contribution in [2.24, 2.45) is 0 Å². The minimum atomic E-state index is 0.0672. The van der Waals surface area contributed by atoms with Crippen molar-refractivity contribution in [2.75, 3.05) is 26.2 Å². The number of hydrogen-bond acceptors (Lipinski definition) is 2. The van der Waals surface area contributed by atoms with Crippen molar-refractivity contribution in [3.63, 3.8) is 0 Å². The number of halogens is 1. The van der Waals surface area contributed by atoms with E-state index in [1.165, 1.54) is 18.4 Å². The third kappa shape index (κ3) is 6.53. The van der Waals surface area contributed by atoms with Crippen LogP contribution in [0.1, 0.15) is 58.4 Å². The quantitative estimate of drug-likeness (QED) is 0.685. The zero-order valence-electron chi connectivity index (χ0n) is 15.7. The fraction of sp³-hybridized carbons (Fsp3) is 0.650. The van der Waals surface area contributed by atoms with Crippen LogP contribution < -0.4 is 10.1 Å². The molecule has 25 heavy (non-hydrogen) atoms. The lowest BCUT2D eigenvalue weighted by atomic mass is 9.87. The van der Waals surface area contributed by atoms with Gasteiger partial charge in [-0.15, -0.1) is 0 Å². The van der Waals surface area contributed by atoms with Crippen molar-refractivity contribution >= 4 is 22.0 Å². The monoisotopic (exact) mass is 410 g/mol. The van der Waals surface area contributed by atoms with Crippen molar-refractivity contribution < 1.29 is 9.53 Å². The van der Waals surface area contributed by atoms with Crippen molar-refractivity contribution in [1.82, 2.24) is 10.2 Å². The van der Waals surface area contributed by atoms with Gasteiger partial charge in [-0.1, -0.05) is 39.7 Å². The predicted molar refractivity (Wildman–Crippen MR) is 106 cm³/mol. The summed E-state index contributed by atoms with van der Waals surface area (Å²) < 4.78 is 6.82. The SMILES string of the molecule is CC(C)(C)c1ccc(OCCCNC(=O)N2CCCCCC2)c(Br)c1. The molecule has 1 saturated heterocycles. The molecular weight excluding hydrogens is 380 g/mol. The van der Waals surface area contributed by atoms with E-state index in [0.717, 1.165) is 42.6 Å². The molecule has 1 aromatic rings. The van der Waals surface area contributed by atoms with Gasteiger partial charge in [0.1, 0.15) is 5.75 Å². The molecule has 1 heterocycles. The van der Waals surface area contributed by atoms with Crippen molar-refractivity contribution in [3.05, 3.63) is 28.2 Å². The molecular formula is C20H31BrN2O2. The first kappa shape index (κ1) is 20.1. The molecule has 1 aromatic carbocycles. The number of nitrogens with one attached hydrogen (secondary N) is 1.